The highest BCUT2D eigenvalue weighted by molar-refractivity contribution is 7.89. The first kappa shape index (κ1) is 22.4. The number of aryl methyl sites for hydroxylation is 2. The highest BCUT2D eigenvalue weighted by Crippen LogP contribution is 2.24. The molecule has 0 radical (unpaired) electrons. The lowest BCUT2D eigenvalue weighted by Crippen LogP contribution is -2.22. The molecule has 0 aliphatic rings. The number of para-hydroxylation sites is 1. The zero-order valence-electron chi connectivity index (χ0n) is 17.4. The molecule has 9 heteroatoms. The van der Waals surface area contributed by atoms with E-state index in [4.69, 9.17) is 9.88 Å². The molecule has 0 bridgehead atoms. The molecule has 1 aromatic heterocycles. The molecule has 0 atom stereocenters. The Morgan fingerprint density at radius 1 is 1.13 bits per heavy atom. The zero-order valence-corrected chi connectivity index (χ0v) is 18.2. The van der Waals surface area contributed by atoms with Crippen LogP contribution in [-0.4, -0.2) is 31.9 Å². The summed E-state index contributed by atoms with van der Waals surface area (Å²) in [5, 5.41) is 8.35. The maximum absolute atomic E-state index is 12.8. The zero-order chi connectivity index (χ0) is 22.8. The predicted molar refractivity (Wildman–Crippen MR) is 117 cm³/mol. The van der Waals surface area contributed by atoms with Gasteiger partial charge in [-0.05, 0) is 49.6 Å². The van der Waals surface area contributed by atoms with Crippen molar-refractivity contribution < 1.29 is 22.7 Å². The maximum atomic E-state index is 12.8. The van der Waals surface area contributed by atoms with Crippen LogP contribution in [0.4, 0.5) is 5.69 Å². The second kappa shape index (κ2) is 8.83. The van der Waals surface area contributed by atoms with Crippen LogP contribution in [0.2, 0.25) is 0 Å². The van der Waals surface area contributed by atoms with Crippen molar-refractivity contribution in [1.82, 2.24) is 4.98 Å². The van der Waals surface area contributed by atoms with Gasteiger partial charge in [-0.15, -0.1) is 0 Å². The molecule has 0 aliphatic carbocycles. The first-order chi connectivity index (χ1) is 14.6. The van der Waals surface area contributed by atoms with Crippen LogP contribution in [-0.2, 0) is 26.0 Å². The van der Waals surface area contributed by atoms with Gasteiger partial charge < -0.3 is 10.1 Å². The number of carbonyl (C=O) groups excluding carboxylic acids is 2. The van der Waals surface area contributed by atoms with E-state index in [9.17, 15) is 18.0 Å². The van der Waals surface area contributed by atoms with Crippen LogP contribution in [0.25, 0.3) is 10.9 Å². The first-order valence-electron chi connectivity index (χ1n) is 9.60. The molecular formula is C22H23N3O5S. The number of rotatable bonds is 6. The fourth-order valence-corrected chi connectivity index (χ4v) is 4.16. The summed E-state index contributed by atoms with van der Waals surface area (Å²) in [4.78, 5) is 29.6. The molecule has 3 rings (SSSR count). The molecule has 0 unspecified atom stereocenters. The van der Waals surface area contributed by atoms with Crippen molar-refractivity contribution in [3.05, 3.63) is 64.8 Å². The summed E-state index contributed by atoms with van der Waals surface area (Å²) in [6, 6.07) is 11.6. The summed E-state index contributed by atoms with van der Waals surface area (Å²) in [6.45, 7) is 4.81. The second-order valence-corrected chi connectivity index (χ2v) is 8.61. The van der Waals surface area contributed by atoms with Crippen LogP contribution in [0.1, 0.15) is 34.1 Å². The van der Waals surface area contributed by atoms with Crippen molar-refractivity contribution in [2.24, 2.45) is 5.14 Å². The number of amides is 1. The lowest BCUT2D eigenvalue weighted by molar-refractivity contribution is -0.119. The Bertz CT molecular complexity index is 1290. The number of primary sulfonamides is 1. The predicted octanol–water partition coefficient (Wildman–Crippen LogP) is 2.86. The molecule has 3 aromatic rings. The molecule has 0 aliphatic heterocycles. The Hall–Kier alpha value is -3.30. The van der Waals surface area contributed by atoms with E-state index in [1.165, 1.54) is 18.2 Å². The number of nitrogens with one attached hydrogen (secondary N) is 1. The van der Waals surface area contributed by atoms with Crippen molar-refractivity contribution in [3.8, 4) is 0 Å². The number of nitrogens with zero attached hydrogens (tertiary/aromatic N) is 1. The van der Waals surface area contributed by atoms with Crippen molar-refractivity contribution in [2.75, 3.05) is 11.9 Å². The molecule has 0 saturated carbocycles. The van der Waals surface area contributed by atoms with E-state index in [1.807, 2.05) is 19.1 Å². The molecule has 31 heavy (non-hydrogen) atoms. The smallest absolute Gasteiger partial charge is 0.339 e. The molecule has 1 amide bonds. The van der Waals surface area contributed by atoms with E-state index in [0.29, 0.717) is 34.0 Å². The van der Waals surface area contributed by atoms with Gasteiger partial charge in [-0.2, -0.15) is 0 Å². The molecule has 0 fully saturated rings. The Morgan fingerprint density at radius 2 is 1.84 bits per heavy atom. The fourth-order valence-electron chi connectivity index (χ4n) is 3.35. The molecule has 3 N–H and O–H groups in total. The highest BCUT2D eigenvalue weighted by atomic mass is 32.2. The van der Waals surface area contributed by atoms with E-state index in [2.05, 4.69) is 10.3 Å². The van der Waals surface area contributed by atoms with E-state index in [1.54, 1.807) is 26.0 Å². The van der Waals surface area contributed by atoms with Crippen LogP contribution >= 0.6 is 0 Å². The number of sulfonamides is 1. The van der Waals surface area contributed by atoms with Crippen molar-refractivity contribution in [1.29, 1.82) is 0 Å². The van der Waals surface area contributed by atoms with Gasteiger partial charge in [-0.1, -0.05) is 31.2 Å². The van der Waals surface area contributed by atoms with Gasteiger partial charge in [0.15, 0.2) is 6.61 Å². The number of ether oxygens (including phenoxy) is 1. The van der Waals surface area contributed by atoms with Crippen LogP contribution in [0.5, 0.6) is 0 Å². The highest BCUT2D eigenvalue weighted by Gasteiger charge is 2.20. The lowest BCUT2D eigenvalue weighted by Gasteiger charge is -2.13. The third-order valence-corrected chi connectivity index (χ3v) is 5.94. The minimum absolute atomic E-state index is 0.0896. The quantitative estimate of drug-likeness (QED) is 0.566. The molecule has 1 heterocycles. The number of hydrogen-bond donors (Lipinski definition) is 2. The summed E-state index contributed by atoms with van der Waals surface area (Å²) < 4.78 is 28.5. The van der Waals surface area contributed by atoms with Crippen molar-refractivity contribution in [3.63, 3.8) is 0 Å². The summed E-state index contributed by atoms with van der Waals surface area (Å²) in [6.07, 6.45) is 0.650. The monoisotopic (exact) mass is 441 g/mol. The van der Waals surface area contributed by atoms with E-state index in [-0.39, 0.29) is 10.6 Å². The van der Waals surface area contributed by atoms with Gasteiger partial charge in [0.1, 0.15) is 0 Å². The number of fused-ring (bicyclic) bond motifs is 1. The molecule has 162 valence electrons. The van der Waals surface area contributed by atoms with Gasteiger partial charge in [0, 0.05) is 16.8 Å². The number of hydrogen-bond acceptors (Lipinski definition) is 6. The number of carbonyl (C=O) groups is 2. The average molecular weight is 442 g/mol. The Balaban J connectivity index is 1.78. The summed E-state index contributed by atoms with van der Waals surface area (Å²) >= 11 is 0. The fraction of sp³-hybridized carbons (Fsp3) is 0.227. The summed E-state index contributed by atoms with van der Waals surface area (Å²) in [5.41, 5.74) is 3.24. The number of benzene rings is 2. The molecule has 8 nitrogen and oxygen atoms in total. The van der Waals surface area contributed by atoms with E-state index < -0.39 is 28.5 Å². The van der Waals surface area contributed by atoms with Gasteiger partial charge in [0.05, 0.1) is 16.0 Å². The number of nitrogens with two attached hydrogens (primary N) is 1. The second-order valence-electron chi connectivity index (χ2n) is 7.08. The Kier molecular flexibility index (Phi) is 6.37. The first-order valence-corrected chi connectivity index (χ1v) is 11.1. The largest absolute Gasteiger partial charge is 0.452 e. The van der Waals surface area contributed by atoms with Crippen LogP contribution in [0, 0.1) is 13.8 Å². The van der Waals surface area contributed by atoms with Gasteiger partial charge in [0.25, 0.3) is 5.91 Å². The topological polar surface area (TPSA) is 128 Å². The number of aromatic nitrogens is 1. The van der Waals surface area contributed by atoms with Gasteiger partial charge in [-0.25, -0.2) is 18.4 Å². The summed E-state index contributed by atoms with van der Waals surface area (Å²) in [5.74, 6) is -1.24. The SMILES string of the molecule is CCc1nc2ccccc2c(C(=O)OCC(=O)Nc2ccc(C)c(S(N)(=O)=O)c2)c1C. The third kappa shape index (κ3) is 4.89. The van der Waals surface area contributed by atoms with Crippen LogP contribution in [0.3, 0.4) is 0 Å². The van der Waals surface area contributed by atoms with Crippen LogP contribution in [0.15, 0.2) is 47.4 Å². The lowest BCUT2D eigenvalue weighted by atomic mass is 10.0. The van der Waals surface area contributed by atoms with Gasteiger partial charge in [-0.3, -0.25) is 9.78 Å². The third-order valence-electron chi connectivity index (χ3n) is 4.89. The van der Waals surface area contributed by atoms with Crippen LogP contribution < -0.4 is 10.5 Å². The Morgan fingerprint density at radius 3 is 2.52 bits per heavy atom. The molecular weight excluding hydrogens is 418 g/mol. The standard InChI is InChI=1S/C22H23N3O5S/c1-4-17-14(3)21(16-7-5-6-8-18(16)25-17)22(27)30-12-20(26)24-15-10-9-13(2)19(11-15)31(23,28)29/h5-11H,4,12H2,1-3H3,(H,24,26)(H2,23,28,29). The number of esters is 1. The van der Waals surface area contributed by atoms with E-state index in [0.717, 1.165) is 5.69 Å². The minimum Gasteiger partial charge on any atom is -0.452 e. The number of pyridine rings is 1. The Labute approximate surface area is 180 Å². The molecule has 2 aromatic carbocycles. The number of anilines is 1. The summed E-state index contributed by atoms with van der Waals surface area (Å²) in [7, 11) is -3.93. The molecule has 0 spiro atoms. The minimum atomic E-state index is -3.93. The van der Waals surface area contributed by atoms with Gasteiger partial charge in [0.2, 0.25) is 10.0 Å². The normalized spacial score (nSPS) is 11.4. The maximum Gasteiger partial charge on any atom is 0.339 e. The average Bonchev–Trinajstić information content (AvgIpc) is 2.72. The molecule has 0 saturated heterocycles. The van der Waals surface area contributed by atoms with Crippen molar-refractivity contribution in [2.45, 2.75) is 32.1 Å². The van der Waals surface area contributed by atoms with Gasteiger partial charge >= 0.3 is 5.97 Å². The van der Waals surface area contributed by atoms with E-state index >= 15 is 0 Å². The van der Waals surface area contributed by atoms with Crippen molar-refractivity contribution >= 4 is 38.5 Å².